The molecule has 0 saturated carbocycles. The first-order chi connectivity index (χ1) is 9.16. The van der Waals surface area contributed by atoms with Gasteiger partial charge in [-0.05, 0) is 42.7 Å². The molecule has 2 heterocycles. The minimum Gasteiger partial charge on any atom is -0.505 e. The number of likely N-dealkylation sites (N-methyl/N-ethyl adjacent to an activating group) is 1. The van der Waals surface area contributed by atoms with E-state index in [2.05, 4.69) is 48.5 Å². The third-order valence-electron chi connectivity index (χ3n) is 4.61. The SMILES string of the molecule is COC=CCc1ccc2c(c1)[C@]1(C)CCNC1N2C. The monoisotopic (exact) mass is 258 g/mol. The van der Waals surface area contributed by atoms with Crippen molar-refractivity contribution in [2.24, 2.45) is 0 Å². The van der Waals surface area contributed by atoms with Crippen LogP contribution in [0.15, 0.2) is 30.5 Å². The summed E-state index contributed by atoms with van der Waals surface area (Å²) in [6, 6.07) is 6.86. The van der Waals surface area contributed by atoms with Gasteiger partial charge in [0.15, 0.2) is 0 Å². The summed E-state index contributed by atoms with van der Waals surface area (Å²) in [7, 11) is 3.88. The molecule has 1 aromatic rings. The van der Waals surface area contributed by atoms with E-state index >= 15 is 0 Å². The molecule has 0 radical (unpaired) electrons. The fourth-order valence-electron chi connectivity index (χ4n) is 3.57. The summed E-state index contributed by atoms with van der Waals surface area (Å²) in [4.78, 5) is 2.39. The van der Waals surface area contributed by atoms with Gasteiger partial charge in [-0.2, -0.15) is 0 Å². The molecule has 0 amide bonds. The molecule has 1 N–H and O–H groups in total. The number of hydrogen-bond donors (Lipinski definition) is 1. The molecule has 2 aliphatic heterocycles. The summed E-state index contributed by atoms with van der Waals surface area (Å²) < 4.78 is 4.96. The highest BCUT2D eigenvalue weighted by molar-refractivity contribution is 5.65. The number of nitrogens with one attached hydrogen (secondary N) is 1. The van der Waals surface area contributed by atoms with Crippen LogP contribution in [-0.4, -0.2) is 26.9 Å². The van der Waals surface area contributed by atoms with E-state index in [1.54, 1.807) is 13.4 Å². The van der Waals surface area contributed by atoms with Crippen molar-refractivity contribution in [2.75, 3.05) is 25.6 Å². The molecule has 1 aromatic carbocycles. The molecule has 0 spiro atoms. The van der Waals surface area contributed by atoms with Gasteiger partial charge in [-0.25, -0.2) is 0 Å². The largest absolute Gasteiger partial charge is 0.505 e. The van der Waals surface area contributed by atoms with Crippen LogP contribution in [0.5, 0.6) is 0 Å². The third kappa shape index (κ3) is 1.84. The predicted octanol–water partition coefficient (Wildman–Crippen LogP) is 2.42. The summed E-state index contributed by atoms with van der Waals surface area (Å²) in [6.45, 7) is 3.49. The van der Waals surface area contributed by atoms with Crippen molar-refractivity contribution in [3.05, 3.63) is 41.7 Å². The molecule has 2 aliphatic rings. The standard InChI is InChI=1S/C16H22N2O/c1-16-8-9-17-15(16)18(2)14-7-6-12(11-13(14)16)5-4-10-19-3/h4,6-7,10-11,15,17H,5,8-9H2,1-3H3/t15?,16-/m0/s1. The number of fused-ring (bicyclic) bond motifs is 3. The molecule has 1 fully saturated rings. The first-order valence-corrected chi connectivity index (χ1v) is 6.94. The second kappa shape index (κ2) is 4.57. The van der Waals surface area contributed by atoms with E-state index < -0.39 is 0 Å². The Morgan fingerprint density at radius 3 is 3.16 bits per heavy atom. The summed E-state index contributed by atoms with van der Waals surface area (Å²) in [5.41, 5.74) is 4.48. The van der Waals surface area contributed by atoms with Gasteiger partial charge in [-0.3, -0.25) is 5.32 Å². The molecule has 3 heteroatoms. The summed E-state index contributed by atoms with van der Waals surface area (Å²) in [6.07, 6.45) is 6.41. The molecular weight excluding hydrogens is 236 g/mol. The van der Waals surface area contributed by atoms with E-state index in [0.717, 1.165) is 13.0 Å². The maximum atomic E-state index is 4.96. The first kappa shape index (κ1) is 12.5. The van der Waals surface area contributed by atoms with Crippen LogP contribution in [0, 0.1) is 0 Å². The van der Waals surface area contributed by atoms with Crippen molar-refractivity contribution >= 4 is 5.69 Å². The van der Waals surface area contributed by atoms with Crippen LogP contribution in [-0.2, 0) is 16.6 Å². The van der Waals surface area contributed by atoms with Crippen LogP contribution in [0.3, 0.4) is 0 Å². The molecule has 1 unspecified atom stereocenters. The molecule has 102 valence electrons. The van der Waals surface area contributed by atoms with Crippen LogP contribution < -0.4 is 10.2 Å². The Labute approximate surface area is 115 Å². The zero-order valence-corrected chi connectivity index (χ0v) is 11.9. The number of ether oxygens (including phenoxy) is 1. The lowest BCUT2D eigenvalue weighted by Crippen LogP contribution is -2.44. The molecule has 3 rings (SSSR count). The third-order valence-corrected chi connectivity index (χ3v) is 4.61. The molecule has 3 nitrogen and oxygen atoms in total. The maximum absolute atomic E-state index is 4.96. The van der Waals surface area contributed by atoms with Crippen LogP contribution in [0.25, 0.3) is 0 Å². The minimum absolute atomic E-state index is 0.255. The van der Waals surface area contributed by atoms with E-state index in [4.69, 9.17) is 4.74 Å². The molecule has 1 saturated heterocycles. The van der Waals surface area contributed by atoms with E-state index in [-0.39, 0.29) is 5.41 Å². The van der Waals surface area contributed by atoms with Gasteiger partial charge in [0.05, 0.1) is 19.5 Å². The molecule has 2 atom stereocenters. The van der Waals surface area contributed by atoms with Gasteiger partial charge in [0, 0.05) is 18.2 Å². The van der Waals surface area contributed by atoms with Gasteiger partial charge >= 0.3 is 0 Å². The lowest BCUT2D eigenvalue weighted by atomic mass is 9.81. The van der Waals surface area contributed by atoms with Crippen LogP contribution >= 0.6 is 0 Å². The lowest BCUT2D eigenvalue weighted by molar-refractivity contribution is 0.337. The van der Waals surface area contributed by atoms with Gasteiger partial charge in [-0.1, -0.05) is 19.1 Å². The van der Waals surface area contributed by atoms with Gasteiger partial charge in [0.25, 0.3) is 0 Å². The Morgan fingerprint density at radius 2 is 2.37 bits per heavy atom. The number of rotatable bonds is 3. The second-order valence-corrected chi connectivity index (χ2v) is 5.80. The van der Waals surface area contributed by atoms with Crippen molar-refractivity contribution in [1.29, 1.82) is 0 Å². The average molecular weight is 258 g/mol. The Morgan fingerprint density at radius 1 is 1.53 bits per heavy atom. The summed E-state index contributed by atoms with van der Waals surface area (Å²) >= 11 is 0. The topological polar surface area (TPSA) is 24.5 Å². The fraction of sp³-hybridized carbons (Fsp3) is 0.500. The van der Waals surface area contributed by atoms with Crippen LogP contribution in [0.4, 0.5) is 5.69 Å². The zero-order chi connectivity index (χ0) is 13.5. The van der Waals surface area contributed by atoms with Crippen molar-refractivity contribution in [3.8, 4) is 0 Å². The van der Waals surface area contributed by atoms with Crippen molar-refractivity contribution < 1.29 is 4.74 Å². The molecule has 19 heavy (non-hydrogen) atoms. The quantitative estimate of drug-likeness (QED) is 0.843. The Bertz CT molecular complexity index is 511. The highest BCUT2D eigenvalue weighted by atomic mass is 16.5. The summed E-state index contributed by atoms with van der Waals surface area (Å²) in [5, 5.41) is 3.62. The highest BCUT2D eigenvalue weighted by Gasteiger charge is 2.49. The molecule has 0 aliphatic carbocycles. The van der Waals surface area contributed by atoms with Crippen molar-refractivity contribution in [3.63, 3.8) is 0 Å². The van der Waals surface area contributed by atoms with Gasteiger partial charge in [0.1, 0.15) is 0 Å². The van der Waals surface area contributed by atoms with E-state index in [0.29, 0.717) is 6.17 Å². The molecule has 0 aromatic heterocycles. The first-order valence-electron chi connectivity index (χ1n) is 6.94. The van der Waals surface area contributed by atoms with Crippen molar-refractivity contribution in [1.82, 2.24) is 5.32 Å². The predicted molar refractivity (Wildman–Crippen MR) is 78.5 cm³/mol. The Hall–Kier alpha value is -1.48. The van der Waals surface area contributed by atoms with Gasteiger partial charge in [0.2, 0.25) is 0 Å². The van der Waals surface area contributed by atoms with Crippen LogP contribution in [0.1, 0.15) is 24.5 Å². The number of anilines is 1. The van der Waals surface area contributed by atoms with Crippen LogP contribution in [0.2, 0.25) is 0 Å². The van der Waals surface area contributed by atoms with E-state index in [1.807, 2.05) is 0 Å². The fourth-order valence-corrected chi connectivity index (χ4v) is 3.57. The van der Waals surface area contributed by atoms with Gasteiger partial charge < -0.3 is 9.64 Å². The smallest absolute Gasteiger partial charge is 0.0889 e. The average Bonchev–Trinajstić information content (AvgIpc) is 2.89. The number of hydrogen-bond acceptors (Lipinski definition) is 3. The molecular formula is C16H22N2O. The number of allylic oxidation sites excluding steroid dienone is 1. The Kier molecular flexibility index (Phi) is 3.02. The highest BCUT2D eigenvalue weighted by Crippen LogP contribution is 2.48. The van der Waals surface area contributed by atoms with E-state index in [9.17, 15) is 0 Å². The van der Waals surface area contributed by atoms with Gasteiger partial charge in [-0.15, -0.1) is 0 Å². The summed E-state index contributed by atoms with van der Waals surface area (Å²) in [5.74, 6) is 0. The zero-order valence-electron chi connectivity index (χ0n) is 11.9. The normalized spacial score (nSPS) is 28.8. The molecule has 0 bridgehead atoms. The number of methoxy groups -OCH3 is 1. The van der Waals surface area contributed by atoms with E-state index in [1.165, 1.54) is 23.2 Å². The van der Waals surface area contributed by atoms with Crippen molar-refractivity contribution in [2.45, 2.75) is 31.3 Å². The number of nitrogens with zero attached hydrogens (tertiary/aromatic N) is 1. The lowest BCUT2D eigenvalue weighted by Gasteiger charge is -2.27. The number of benzene rings is 1. The second-order valence-electron chi connectivity index (χ2n) is 5.80. The Balaban J connectivity index is 1.95. The minimum atomic E-state index is 0.255. The maximum Gasteiger partial charge on any atom is 0.0889 e.